The average molecular weight is 960 g/mol. The summed E-state index contributed by atoms with van der Waals surface area (Å²) < 4.78 is 33.6. The highest BCUT2D eigenvalue weighted by atomic mass is 31.2. The van der Waals surface area contributed by atoms with Gasteiger partial charge in [0.2, 0.25) is 0 Å². The molecule has 0 aliphatic rings. The van der Waals surface area contributed by atoms with Crippen LogP contribution in [0.5, 0.6) is 0 Å². The maximum absolute atomic E-state index is 12.7. The van der Waals surface area contributed by atoms with Gasteiger partial charge in [-0.25, -0.2) is 4.57 Å². The van der Waals surface area contributed by atoms with E-state index in [2.05, 4.69) is 13.8 Å². The van der Waals surface area contributed by atoms with E-state index in [0.717, 1.165) is 38.5 Å². The molecular formula is C55H110NO9P. The predicted molar refractivity (Wildman–Crippen MR) is 277 cm³/mol. The minimum absolute atomic E-state index is 0.0268. The maximum atomic E-state index is 12.7. The highest BCUT2D eigenvalue weighted by Gasteiger charge is 2.27. The van der Waals surface area contributed by atoms with Gasteiger partial charge in [-0.3, -0.25) is 18.6 Å². The Morgan fingerprint density at radius 1 is 0.424 bits per heavy atom. The molecule has 0 spiro atoms. The lowest BCUT2D eigenvalue weighted by atomic mass is 10.0. The summed E-state index contributed by atoms with van der Waals surface area (Å²) in [5, 5.41) is 8.95. The minimum Gasteiger partial charge on any atom is -0.480 e. The molecular weight excluding hydrogens is 850 g/mol. The highest BCUT2D eigenvalue weighted by molar-refractivity contribution is 7.47. The molecule has 0 aliphatic heterocycles. The van der Waals surface area contributed by atoms with Crippen LogP contribution >= 0.6 is 7.82 Å². The summed E-state index contributed by atoms with van der Waals surface area (Å²) in [6, 6.07) is -1.47. The number of esters is 1. The van der Waals surface area contributed by atoms with Crippen LogP contribution in [0.3, 0.4) is 0 Å². The number of carbonyl (C=O) groups is 2. The fraction of sp³-hybridized carbons (Fsp3) is 0.964. The SMILES string of the molecule is CCCCCCCCCCCCCCCCCCCCCCCCCC(=O)OC(COCCCCCCCCCCCCCCCCCCCCCCC)COP(=O)(O)OCC(N)C(=O)O. The Bertz CT molecular complexity index is 1070. The van der Waals surface area contributed by atoms with Crippen LogP contribution in [-0.2, 0) is 32.7 Å². The number of aliphatic carboxylic acids is 1. The van der Waals surface area contributed by atoms with E-state index in [1.54, 1.807) is 0 Å². The summed E-state index contributed by atoms with van der Waals surface area (Å²) in [5.74, 6) is -1.76. The number of carbonyl (C=O) groups excluding carboxylic acids is 1. The van der Waals surface area contributed by atoms with E-state index in [4.69, 9.17) is 29.4 Å². The van der Waals surface area contributed by atoms with Gasteiger partial charge in [0.1, 0.15) is 12.1 Å². The molecule has 0 aromatic rings. The number of unbranched alkanes of at least 4 members (excludes halogenated alkanes) is 42. The minimum atomic E-state index is -4.62. The molecule has 0 amide bonds. The third-order valence-corrected chi connectivity index (χ3v) is 14.1. The molecule has 11 heteroatoms. The number of ether oxygens (including phenoxy) is 2. The first-order chi connectivity index (χ1) is 32.2. The molecule has 0 rings (SSSR count). The highest BCUT2D eigenvalue weighted by Crippen LogP contribution is 2.43. The Hall–Kier alpha value is -1.03. The monoisotopic (exact) mass is 960 g/mol. The lowest BCUT2D eigenvalue weighted by Crippen LogP contribution is -2.34. The van der Waals surface area contributed by atoms with E-state index in [9.17, 15) is 19.0 Å². The van der Waals surface area contributed by atoms with Crippen LogP contribution in [0.1, 0.15) is 303 Å². The quantitative estimate of drug-likeness (QED) is 0.0305. The second-order valence-corrected chi connectivity index (χ2v) is 21.2. The molecule has 3 unspecified atom stereocenters. The van der Waals surface area contributed by atoms with Crippen LogP contribution in [0.4, 0.5) is 0 Å². The molecule has 66 heavy (non-hydrogen) atoms. The fourth-order valence-electron chi connectivity index (χ4n) is 8.73. The Kier molecular flexibility index (Phi) is 51.0. The summed E-state index contributed by atoms with van der Waals surface area (Å²) in [6.45, 7) is 3.98. The van der Waals surface area contributed by atoms with E-state index in [0.29, 0.717) is 6.61 Å². The predicted octanol–water partition coefficient (Wildman–Crippen LogP) is 17.1. The van der Waals surface area contributed by atoms with Gasteiger partial charge in [0.15, 0.2) is 0 Å². The van der Waals surface area contributed by atoms with Gasteiger partial charge < -0.3 is 25.2 Å². The van der Waals surface area contributed by atoms with Crippen molar-refractivity contribution in [2.45, 2.75) is 315 Å². The zero-order chi connectivity index (χ0) is 48.3. The molecule has 0 radical (unpaired) electrons. The van der Waals surface area contributed by atoms with E-state index in [1.165, 1.54) is 244 Å². The Balaban J connectivity index is 4.01. The third kappa shape index (κ3) is 50.8. The Morgan fingerprint density at radius 2 is 0.697 bits per heavy atom. The van der Waals surface area contributed by atoms with Crippen molar-refractivity contribution in [2.24, 2.45) is 5.73 Å². The first kappa shape index (κ1) is 65.0. The van der Waals surface area contributed by atoms with Crippen LogP contribution in [0.15, 0.2) is 0 Å². The summed E-state index contributed by atoms with van der Waals surface area (Å²) in [6.07, 6.45) is 57.4. The summed E-state index contributed by atoms with van der Waals surface area (Å²) in [5.41, 5.74) is 5.39. The van der Waals surface area contributed by atoms with E-state index in [1.807, 2.05) is 0 Å². The van der Waals surface area contributed by atoms with Crippen molar-refractivity contribution < 1.29 is 42.7 Å². The molecule has 0 bridgehead atoms. The van der Waals surface area contributed by atoms with E-state index in [-0.39, 0.29) is 13.0 Å². The molecule has 0 aliphatic carbocycles. The van der Waals surface area contributed by atoms with Crippen LogP contribution in [-0.4, -0.2) is 60.5 Å². The lowest BCUT2D eigenvalue weighted by molar-refractivity contribution is -0.154. The van der Waals surface area contributed by atoms with Gasteiger partial charge in [0.25, 0.3) is 0 Å². The molecule has 0 fully saturated rings. The normalized spacial score (nSPS) is 13.5. The summed E-state index contributed by atoms with van der Waals surface area (Å²) >= 11 is 0. The molecule has 10 nitrogen and oxygen atoms in total. The number of rotatable bonds is 56. The third-order valence-electron chi connectivity index (χ3n) is 13.1. The zero-order valence-electron chi connectivity index (χ0n) is 43.6. The van der Waals surface area contributed by atoms with Crippen molar-refractivity contribution in [3.63, 3.8) is 0 Å². The van der Waals surface area contributed by atoms with Crippen molar-refractivity contribution in [3.05, 3.63) is 0 Å². The topological polar surface area (TPSA) is 155 Å². The van der Waals surface area contributed by atoms with Gasteiger partial charge in [0.05, 0.1) is 19.8 Å². The van der Waals surface area contributed by atoms with Crippen LogP contribution in [0.2, 0.25) is 0 Å². The molecule has 3 atom stereocenters. The lowest BCUT2D eigenvalue weighted by Gasteiger charge is -2.20. The van der Waals surface area contributed by atoms with Gasteiger partial charge in [-0.15, -0.1) is 0 Å². The van der Waals surface area contributed by atoms with E-state index >= 15 is 0 Å². The van der Waals surface area contributed by atoms with Gasteiger partial charge in [0, 0.05) is 13.0 Å². The first-order valence-electron chi connectivity index (χ1n) is 28.6. The molecule has 394 valence electrons. The van der Waals surface area contributed by atoms with Gasteiger partial charge >= 0.3 is 19.8 Å². The second-order valence-electron chi connectivity index (χ2n) is 19.8. The second kappa shape index (κ2) is 51.8. The van der Waals surface area contributed by atoms with Gasteiger partial charge in [-0.2, -0.15) is 0 Å². The zero-order valence-corrected chi connectivity index (χ0v) is 44.5. The average Bonchev–Trinajstić information content (AvgIpc) is 3.30. The summed E-state index contributed by atoms with van der Waals surface area (Å²) in [4.78, 5) is 33.8. The van der Waals surface area contributed by atoms with Crippen LogP contribution < -0.4 is 5.73 Å². The molecule has 4 N–H and O–H groups in total. The number of carboxylic acids is 1. The van der Waals surface area contributed by atoms with Crippen LogP contribution in [0, 0.1) is 0 Å². The molecule has 0 heterocycles. The maximum Gasteiger partial charge on any atom is 0.472 e. The Morgan fingerprint density at radius 3 is 1.00 bits per heavy atom. The van der Waals surface area contributed by atoms with Crippen molar-refractivity contribution in [3.8, 4) is 0 Å². The molecule has 0 aromatic carbocycles. The standard InChI is InChI=1S/C55H110NO9P/c1-3-5-7-9-11-13-15-17-19-21-23-25-26-27-29-31-33-35-37-39-41-43-45-47-54(57)65-52(50-63-66(60,61)64-51-53(56)55(58)59)49-62-48-46-44-42-40-38-36-34-32-30-28-24-22-20-18-16-14-12-10-8-6-4-2/h52-53H,3-51,56H2,1-2H3,(H,58,59)(H,60,61). The van der Waals surface area contributed by atoms with Crippen molar-refractivity contribution in [1.82, 2.24) is 0 Å². The number of hydrogen-bond acceptors (Lipinski definition) is 8. The Labute approximate surface area is 408 Å². The van der Waals surface area contributed by atoms with Crippen molar-refractivity contribution in [2.75, 3.05) is 26.4 Å². The molecule has 0 saturated carbocycles. The van der Waals surface area contributed by atoms with Crippen molar-refractivity contribution >= 4 is 19.8 Å². The first-order valence-corrected chi connectivity index (χ1v) is 30.1. The number of phosphoric acid groups is 1. The number of nitrogens with two attached hydrogens (primary N) is 1. The number of hydrogen-bond donors (Lipinski definition) is 3. The smallest absolute Gasteiger partial charge is 0.472 e. The van der Waals surface area contributed by atoms with E-state index < -0.39 is 45.1 Å². The fourth-order valence-corrected chi connectivity index (χ4v) is 9.51. The molecule has 0 saturated heterocycles. The number of phosphoric ester groups is 1. The largest absolute Gasteiger partial charge is 0.480 e. The van der Waals surface area contributed by atoms with Crippen LogP contribution in [0.25, 0.3) is 0 Å². The van der Waals surface area contributed by atoms with Gasteiger partial charge in [-0.1, -0.05) is 284 Å². The van der Waals surface area contributed by atoms with Crippen molar-refractivity contribution in [1.29, 1.82) is 0 Å². The summed E-state index contributed by atoms with van der Waals surface area (Å²) in [7, 11) is -4.62. The number of carboxylic acid groups (broad SMARTS) is 1. The molecule has 0 aromatic heterocycles. The van der Waals surface area contributed by atoms with Gasteiger partial charge in [-0.05, 0) is 12.8 Å².